The van der Waals surface area contributed by atoms with Crippen molar-refractivity contribution in [2.45, 2.75) is 65.1 Å². The van der Waals surface area contributed by atoms with E-state index in [0.29, 0.717) is 29.9 Å². The molecule has 0 saturated heterocycles. The van der Waals surface area contributed by atoms with Gasteiger partial charge in [-0.1, -0.05) is 68.2 Å². The molecule has 3 aromatic carbocycles. The number of urea groups is 1. The van der Waals surface area contributed by atoms with E-state index in [-0.39, 0.29) is 88.7 Å². The van der Waals surface area contributed by atoms with E-state index in [1.165, 1.54) is 0 Å². The zero-order chi connectivity index (χ0) is 41.9. The Balaban J connectivity index is 1.16. The Labute approximate surface area is 338 Å². The first-order chi connectivity index (χ1) is 27.9. The van der Waals surface area contributed by atoms with E-state index in [9.17, 15) is 33.9 Å². The van der Waals surface area contributed by atoms with Crippen LogP contribution in [0.25, 0.3) is 0 Å². The van der Waals surface area contributed by atoms with Crippen LogP contribution in [0.5, 0.6) is 0 Å². The number of aliphatic hydroxyl groups is 1. The maximum absolute atomic E-state index is 13.4. The number of nitrogens with one attached hydrogen (secondary N) is 4. The number of anilines is 2. The number of Topliss-reactive ketones (excluding diaryl/α,β-unsaturated/α-hetero) is 1. The third-order valence-corrected chi connectivity index (χ3v) is 9.31. The molecule has 0 aromatic heterocycles. The Bertz CT molecular complexity index is 1960. The number of fused-ring (bicyclic) bond motifs is 2. The molecule has 1 heterocycles. The van der Waals surface area contributed by atoms with E-state index >= 15 is 0 Å². The second-order valence-electron chi connectivity index (χ2n) is 14.0. The van der Waals surface area contributed by atoms with Gasteiger partial charge in [0.25, 0.3) is 0 Å². The van der Waals surface area contributed by atoms with Crippen molar-refractivity contribution in [1.29, 1.82) is 0 Å². The van der Waals surface area contributed by atoms with Crippen LogP contribution in [-0.2, 0) is 41.8 Å². The fraction of sp³-hybridized carbons (Fsp3) is 0.395. The molecule has 0 aliphatic carbocycles. The number of nitrogens with two attached hydrogens (primary N) is 1. The maximum Gasteiger partial charge on any atom is 0.407 e. The third kappa shape index (κ3) is 14.4. The lowest BCUT2D eigenvalue weighted by Crippen LogP contribution is -2.46. The van der Waals surface area contributed by atoms with Gasteiger partial charge in [-0.05, 0) is 60.2 Å². The molecule has 1 aliphatic rings. The number of amides is 6. The standard InChI is InChI=1S/C43H52N6O9/c1-29(2)40(37(51)26-33(11-7-21-46-42(44)55)41(54)47-35-17-13-30(28-50)14-18-35)48-43(56)58-25-24-57-23-22-45-38(52)19-20-39(53)49-27-34-10-4-3-8-31(34)15-16-32-9-5-6-12-36(32)49/h3-6,8-10,12-14,17-18,29,33,40,50H,7,11,19-28H2,1-2H3,(H,45,52)(H,47,54)(H,48,56)(H3,44,46,55)/t33-,40+/m1/s1. The Morgan fingerprint density at radius 3 is 2.28 bits per heavy atom. The summed E-state index contributed by atoms with van der Waals surface area (Å²) in [7, 11) is 0. The predicted molar refractivity (Wildman–Crippen MR) is 217 cm³/mol. The molecule has 0 unspecified atom stereocenters. The number of carbonyl (C=O) groups is 6. The van der Waals surface area contributed by atoms with Crippen molar-refractivity contribution in [2.75, 3.05) is 43.1 Å². The Kier molecular flexibility index (Phi) is 17.7. The van der Waals surface area contributed by atoms with Crippen LogP contribution in [0.4, 0.5) is 21.0 Å². The van der Waals surface area contributed by atoms with Gasteiger partial charge < -0.3 is 46.5 Å². The highest BCUT2D eigenvalue weighted by molar-refractivity contribution is 5.98. The Morgan fingerprint density at radius 1 is 0.845 bits per heavy atom. The van der Waals surface area contributed by atoms with Crippen molar-refractivity contribution < 1.29 is 43.3 Å². The molecule has 0 spiro atoms. The molecule has 7 N–H and O–H groups in total. The van der Waals surface area contributed by atoms with E-state index < -0.39 is 30.0 Å². The highest BCUT2D eigenvalue weighted by atomic mass is 16.6. The number of ether oxygens (including phenoxy) is 2. The number of aliphatic hydroxyl groups excluding tert-OH is 1. The molecular formula is C43H52N6O9. The van der Waals surface area contributed by atoms with Gasteiger partial charge in [-0.3, -0.25) is 19.2 Å². The lowest BCUT2D eigenvalue weighted by atomic mass is 9.89. The van der Waals surface area contributed by atoms with Gasteiger partial charge in [0, 0.05) is 55.1 Å². The zero-order valence-electron chi connectivity index (χ0n) is 32.9. The lowest BCUT2D eigenvalue weighted by Gasteiger charge is -2.26. The molecule has 2 atom stereocenters. The van der Waals surface area contributed by atoms with E-state index in [1.54, 1.807) is 43.0 Å². The van der Waals surface area contributed by atoms with Crippen molar-refractivity contribution in [3.8, 4) is 11.8 Å². The smallest absolute Gasteiger partial charge is 0.407 e. The third-order valence-electron chi connectivity index (χ3n) is 9.31. The van der Waals surface area contributed by atoms with Crippen molar-refractivity contribution in [3.63, 3.8) is 0 Å². The first-order valence-electron chi connectivity index (χ1n) is 19.3. The van der Waals surface area contributed by atoms with E-state index in [2.05, 4.69) is 33.1 Å². The number of hydrogen-bond acceptors (Lipinski definition) is 9. The number of para-hydroxylation sites is 1. The minimum atomic E-state index is -0.943. The summed E-state index contributed by atoms with van der Waals surface area (Å²) in [6.07, 6.45) is -0.384. The van der Waals surface area contributed by atoms with Crippen molar-refractivity contribution in [2.24, 2.45) is 17.6 Å². The average molecular weight is 797 g/mol. The summed E-state index contributed by atoms with van der Waals surface area (Å²) in [5.41, 5.74) is 9.52. The Hall–Kier alpha value is -6.24. The highest BCUT2D eigenvalue weighted by Gasteiger charge is 2.30. The van der Waals surface area contributed by atoms with E-state index in [4.69, 9.17) is 15.2 Å². The topological polar surface area (TPSA) is 218 Å². The Morgan fingerprint density at radius 2 is 1.55 bits per heavy atom. The van der Waals surface area contributed by atoms with Crippen LogP contribution in [0.3, 0.4) is 0 Å². The first-order valence-corrected chi connectivity index (χ1v) is 19.3. The van der Waals surface area contributed by atoms with Crippen LogP contribution in [0.1, 0.15) is 68.2 Å². The quantitative estimate of drug-likeness (QED) is 0.0683. The minimum absolute atomic E-state index is 0.00223. The first kappa shape index (κ1) is 44.5. The van der Waals surface area contributed by atoms with Gasteiger partial charge in [-0.25, -0.2) is 9.59 Å². The fourth-order valence-electron chi connectivity index (χ4n) is 6.19. The molecular weight excluding hydrogens is 745 g/mol. The second kappa shape index (κ2) is 23.1. The van der Waals surface area contributed by atoms with Crippen molar-refractivity contribution in [3.05, 3.63) is 95.1 Å². The number of benzene rings is 3. The molecule has 58 heavy (non-hydrogen) atoms. The van der Waals surface area contributed by atoms with E-state index in [0.717, 1.165) is 16.7 Å². The molecule has 0 saturated carbocycles. The summed E-state index contributed by atoms with van der Waals surface area (Å²) in [4.78, 5) is 78.1. The summed E-state index contributed by atoms with van der Waals surface area (Å²) in [6, 6.07) is 20.1. The van der Waals surface area contributed by atoms with Gasteiger partial charge in [-0.15, -0.1) is 0 Å². The normalized spacial score (nSPS) is 12.6. The van der Waals surface area contributed by atoms with Gasteiger partial charge in [0.05, 0.1) is 38.1 Å². The number of alkyl carbamates (subject to hydrolysis) is 1. The summed E-state index contributed by atoms with van der Waals surface area (Å²) in [6.45, 7) is 4.15. The summed E-state index contributed by atoms with van der Waals surface area (Å²) in [5, 5.41) is 19.9. The number of primary amides is 1. The van der Waals surface area contributed by atoms with Gasteiger partial charge in [-0.2, -0.15) is 0 Å². The molecule has 1 aliphatic heterocycles. The van der Waals surface area contributed by atoms with E-state index in [1.807, 2.05) is 48.5 Å². The maximum atomic E-state index is 13.4. The SMILES string of the molecule is CC(C)[C@H](NC(=O)OCCOCCNC(=O)CCC(=O)N1Cc2ccccc2C#Cc2ccccc21)C(=O)C[C@@H](CCCNC(N)=O)C(=O)Nc1ccc(CO)cc1. The van der Waals surface area contributed by atoms with Gasteiger partial charge in [0.15, 0.2) is 5.78 Å². The van der Waals surface area contributed by atoms with Crippen LogP contribution >= 0.6 is 0 Å². The van der Waals surface area contributed by atoms with Crippen LogP contribution in [0.15, 0.2) is 72.8 Å². The van der Waals surface area contributed by atoms with Crippen molar-refractivity contribution in [1.82, 2.24) is 16.0 Å². The molecule has 0 radical (unpaired) electrons. The summed E-state index contributed by atoms with van der Waals surface area (Å²) >= 11 is 0. The monoisotopic (exact) mass is 796 g/mol. The molecule has 4 rings (SSSR count). The fourth-order valence-corrected chi connectivity index (χ4v) is 6.19. The second-order valence-corrected chi connectivity index (χ2v) is 14.0. The number of hydrogen-bond donors (Lipinski definition) is 6. The molecule has 0 bridgehead atoms. The van der Waals surface area contributed by atoms with Gasteiger partial charge in [0.2, 0.25) is 17.7 Å². The van der Waals surface area contributed by atoms with Gasteiger partial charge in [0.1, 0.15) is 6.61 Å². The molecule has 0 fully saturated rings. The van der Waals surface area contributed by atoms with Crippen LogP contribution in [0.2, 0.25) is 0 Å². The molecule has 15 heteroatoms. The number of carbonyl (C=O) groups excluding carboxylic acids is 6. The zero-order valence-corrected chi connectivity index (χ0v) is 32.9. The lowest BCUT2D eigenvalue weighted by molar-refractivity contribution is -0.128. The minimum Gasteiger partial charge on any atom is -0.447 e. The molecule has 6 amide bonds. The van der Waals surface area contributed by atoms with Crippen LogP contribution in [-0.4, -0.2) is 79.7 Å². The number of nitrogens with zero attached hydrogens (tertiary/aromatic N) is 1. The molecule has 3 aromatic rings. The average Bonchev–Trinajstić information content (AvgIpc) is 3.20. The summed E-state index contributed by atoms with van der Waals surface area (Å²) in [5.74, 6) is 3.96. The molecule has 308 valence electrons. The van der Waals surface area contributed by atoms with Crippen LogP contribution < -0.4 is 31.9 Å². The van der Waals surface area contributed by atoms with Crippen LogP contribution in [0, 0.1) is 23.7 Å². The summed E-state index contributed by atoms with van der Waals surface area (Å²) < 4.78 is 10.7. The van der Waals surface area contributed by atoms with Gasteiger partial charge >= 0.3 is 12.1 Å². The largest absolute Gasteiger partial charge is 0.447 e. The molecule has 15 nitrogen and oxygen atoms in total. The highest BCUT2D eigenvalue weighted by Crippen LogP contribution is 2.26. The predicted octanol–water partition coefficient (Wildman–Crippen LogP) is 3.75. The van der Waals surface area contributed by atoms with Crippen molar-refractivity contribution >= 4 is 47.0 Å². The number of rotatable bonds is 21. The number of ketones is 1.